The van der Waals surface area contributed by atoms with Crippen molar-refractivity contribution in [1.29, 1.82) is 0 Å². The van der Waals surface area contributed by atoms with Gasteiger partial charge in [0.2, 0.25) is 0 Å². The van der Waals surface area contributed by atoms with Crippen LogP contribution in [0.5, 0.6) is 0 Å². The third-order valence-electron chi connectivity index (χ3n) is 3.70. The van der Waals surface area contributed by atoms with Crippen LogP contribution in [0.3, 0.4) is 0 Å². The largest absolute Gasteiger partial charge is 0.378 e. The predicted molar refractivity (Wildman–Crippen MR) is 66.3 cm³/mol. The zero-order valence-electron chi connectivity index (χ0n) is 10.6. The first-order valence-electron chi connectivity index (χ1n) is 6.13. The molecular formula is C14H20FNO. The smallest absolute Gasteiger partial charge is 0.123 e. The van der Waals surface area contributed by atoms with E-state index in [9.17, 15) is 4.39 Å². The third kappa shape index (κ3) is 3.27. The highest BCUT2D eigenvalue weighted by Gasteiger charge is 2.29. The van der Waals surface area contributed by atoms with Gasteiger partial charge in [0.15, 0.2) is 0 Å². The van der Waals surface area contributed by atoms with Crippen LogP contribution in [-0.4, -0.2) is 30.7 Å². The molecule has 0 atom stereocenters. The molecule has 0 unspecified atom stereocenters. The predicted octanol–water partition coefficient (Wildman–Crippen LogP) is 2.83. The van der Waals surface area contributed by atoms with E-state index in [1.54, 1.807) is 19.2 Å². The number of ether oxygens (including phenoxy) is 1. The van der Waals surface area contributed by atoms with Crippen LogP contribution in [-0.2, 0) is 11.3 Å². The summed E-state index contributed by atoms with van der Waals surface area (Å²) >= 11 is 0. The molecule has 0 amide bonds. The molecule has 0 N–H and O–H groups in total. The molecule has 2 rings (SSSR count). The van der Waals surface area contributed by atoms with E-state index in [1.165, 1.54) is 6.07 Å². The van der Waals surface area contributed by atoms with Crippen molar-refractivity contribution in [3.05, 3.63) is 35.6 Å². The first-order chi connectivity index (χ1) is 8.11. The van der Waals surface area contributed by atoms with Crippen molar-refractivity contribution >= 4 is 0 Å². The van der Waals surface area contributed by atoms with Crippen molar-refractivity contribution in [2.45, 2.75) is 31.9 Å². The van der Waals surface area contributed by atoms with Crippen LogP contribution in [0.2, 0.25) is 0 Å². The minimum Gasteiger partial charge on any atom is -0.378 e. The summed E-state index contributed by atoms with van der Waals surface area (Å²) in [7, 11) is 1.78. The van der Waals surface area contributed by atoms with Gasteiger partial charge in [0.25, 0.3) is 0 Å². The van der Waals surface area contributed by atoms with Gasteiger partial charge >= 0.3 is 0 Å². The van der Waals surface area contributed by atoms with Crippen molar-refractivity contribution in [1.82, 2.24) is 4.90 Å². The number of likely N-dealkylation sites (tertiary alicyclic amines) is 1. The van der Waals surface area contributed by atoms with Crippen LogP contribution >= 0.6 is 0 Å². The molecule has 94 valence electrons. The number of methoxy groups -OCH3 is 1. The van der Waals surface area contributed by atoms with Crippen LogP contribution in [0, 0.1) is 5.82 Å². The highest BCUT2D eigenvalue weighted by atomic mass is 19.1. The van der Waals surface area contributed by atoms with E-state index in [0.29, 0.717) is 0 Å². The quantitative estimate of drug-likeness (QED) is 0.801. The van der Waals surface area contributed by atoms with E-state index in [2.05, 4.69) is 11.8 Å². The van der Waals surface area contributed by atoms with Crippen molar-refractivity contribution in [2.24, 2.45) is 0 Å². The van der Waals surface area contributed by atoms with Crippen LogP contribution < -0.4 is 0 Å². The standard InChI is InChI=1S/C14H20FNO/c1-14(17-2)6-8-16(9-7-14)11-12-4-3-5-13(15)10-12/h3-5,10H,6-9,11H2,1-2H3. The normalized spacial score (nSPS) is 20.4. The Morgan fingerprint density at radius 3 is 2.65 bits per heavy atom. The lowest BCUT2D eigenvalue weighted by Gasteiger charge is -2.38. The average molecular weight is 237 g/mol. The van der Waals surface area contributed by atoms with Crippen LogP contribution in [0.15, 0.2) is 24.3 Å². The number of halogens is 1. The molecule has 0 bridgehead atoms. The molecule has 1 saturated heterocycles. The Balaban J connectivity index is 1.90. The number of hydrogen-bond acceptors (Lipinski definition) is 2. The van der Waals surface area contributed by atoms with Gasteiger partial charge in [0.05, 0.1) is 5.60 Å². The monoisotopic (exact) mass is 237 g/mol. The Morgan fingerprint density at radius 2 is 2.06 bits per heavy atom. The molecule has 1 heterocycles. The Bertz CT molecular complexity index is 372. The molecule has 1 fully saturated rings. The molecule has 2 nitrogen and oxygen atoms in total. The molecule has 0 saturated carbocycles. The Hall–Kier alpha value is -0.930. The summed E-state index contributed by atoms with van der Waals surface area (Å²) in [5, 5.41) is 0. The van der Waals surface area contributed by atoms with Crippen LogP contribution in [0.25, 0.3) is 0 Å². The van der Waals surface area contributed by atoms with Crippen molar-refractivity contribution in [2.75, 3.05) is 20.2 Å². The van der Waals surface area contributed by atoms with Crippen LogP contribution in [0.1, 0.15) is 25.3 Å². The van der Waals surface area contributed by atoms with E-state index in [1.807, 2.05) is 6.07 Å². The zero-order valence-corrected chi connectivity index (χ0v) is 10.6. The Kier molecular flexibility index (Phi) is 3.79. The lowest BCUT2D eigenvalue weighted by molar-refractivity contribution is -0.0440. The van der Waals surface area contributed by atoms with Crippen LogP contribution in [0.4, 0.5) is 4.39 Å². The molecule has 0 aromatic heterocycles. The number of benzene rings is 1. The third-order valence-corrected chi connectivity index (χ3v) is 3.70. The minimum atomic E-state index is -0.152. The summed E-state index contributed by atoms with van der Waals surface area (Å²) in [6.45, 7) is 5.02. The molecule has 3 heteroatoms. The molecule has 1 aliphatic rings. The summed E-state index contributed by atoms with van der Waals surface area (Å²) in [5.74, 6) is -0.152. The van der Waals surface area contributed by atoms with Gasteiger partial charge in [-0.05, 0) is 37.5 Å². The molecule has 0 radical (unpaired) electrons. The second-order valence-electron chi connectivity index (χ2n) is 5.06. The van der Waals surface area contributed by atoms with Gasteiger partial charge < -0.3 is 4.74 Å². The molecule has 1 aromatic rings. The summed E-state index contributed by atoms with van der Waals surface area (Å²) in [6, 6.07) is 6.85. The van der Waals surface area contributed by atoms with E-state index in [-0.39, 0.29) is 11.4 Å². The maximum atomic E-state index is 13.1. The van der Waals surface area contributed by atoms with Gasteiger partial charge in [-0.25, -0.2) is 4.39 Å². The van der Waals surface area contributed by atoms with Gasteiger partial charge in [0, 0.05) is 26.7 Å². The van der Waals surface area contributed by atoms with Gasteiger partial charge in [-0.1, -0.05) is 12.1 Å². The SMILES string of the molecule is COC1(C)CCN(Cc2cccc(F)c2)CC1. The first kappa shape index (κ1) is 12.5. The lowest BCUT2D eigenvalue weighted by Crippen LogP contribution is -2.43. The fraction of sp³-hybridized carbons (Fsp3) is 0.571. The zero-order chi connectivity index (χ0) is 12.3. The number of hydrogen-bond donors (Lipinski definition) is 0. The summed E-state index contributed by atoms with van der Waals surface area (Å²) in [4.78, 5) is 2.36. The molecule has 0 spiro atoms. The van der Waals surface area contributed by atoms with E-state index < -0.39 is 0 Å². The van der Waals surface area contributed by atoms with Gasteiger partial charge in [-0.2, -0.15) is 0 Å². The maximum Gasteiger partial charge on any atom is 0.123 e. The molecule has 1 aliphatic heterocycles. The highest BCUT2D eigenvalue weighted by Crippen LogP contribution is 2.25. The van der Waals surface area contributed by atoms with Gasteiger partial charge in [-0.15, -0.1) is 0 Å². The second kappa shape index (κ2) is 5.15. The second-order valence-corrected chi connectivity index (χ2v) is 5.06. The number of rotatable bonds is 3. The Labute approximate surface area is 102 Å². The molecule has 0 aliphatic carbocycles. The van der Waals surface area contributed by atoms with Gasteiger partial charge in [0.1, 0.15) is 5.82 Å². The molecular weight excluding hydrogens is 217 g/mol. The number of piperidine rings is 1. The van der Waals surface area contributed by atoms with Crippen molar-refractivity contribution < 1.29 is 9.13 Å². The van der Waals surface area contributed by atoms with E-state index >= 15 is 0 Å². The average Bonchev–Trinajstić information content (AvgIpc) is 2.33. The fourth-order valence-electron chi connectivity index (χ4n) is 2.28. The number of nitrogens with zero attached hydrogens (tertiary/aromatic N) is 1. The summed E-state index contributed by atoms with van der Waals surface area (Å²) in [5.41, 5.74) is 1.07. The topological polar surface area (TPSA) is 12.5 Å². The molecule has 1 aromatic carbocycles. The summed E-state index contributed by atoms with van der Waals surface area (Å²) in [6.07, 6.45) is 2.08. The first-order valence-corrected chi connectivity index (χ1v) is 6.13. The lowest BCUT2D eigenvalue weighted by atomic mass is 9.93. The van der Waals surface area contributed by atoms with Crippen molar-refractivity contribution in [3.8, 4) is 0 Å². The van der Waals surface area contributed by atoms with E-state index in [4.69, 9.17) is 4.74 Å². The fourth-order valence-corrected chi connectivity index (χ4v) is 2.28. The molecule has 17 heavy (non-hydrogen) atoms. The van der Waals surface area contributed by atoms with E-state index in [0.717, 1.165) is 38.0 Å². The maximum absolute atomic E-state index is 13.1. The van der Waals surface area contributed by atoms with Gasteiger partial charge in [-0.3, -0.25) is 4.90 Å². The summed E-state index contributed by atoms with van der Waals surface area (Å²) < 4.78 is 18.6. The minimum absolute atomic E-state index is 0.0262. The van der Waals surface area contributed by atoms with Crippen molar-refractivity contribution in [3.63, 3.8) is 0 Å². The Morgan fingerprint density at radius 1 is 1.35 bits per heavy atom. The highest BCUT2D eigenvalue weighted by molar-refractivity contribution is 5.16.